The van der Waals surface area contributed by atoms with Crippen LogP contribution in [0, 0.1) is 0 Å². The van der Waals surface area contributed by atoms with Crippen LogP contribution in [-0.2, 0) is 19.4 Å². The lowest BCUT2D eigenvalue weighted by molar-refractivity contribution is -0.138. The van der Waals surface area contributed by atoms with E-state index in [9.17, 15) is 18.0 Å². The van der Waals surface area contributed by atoms with Crippen molar-refractivity contribution >= 4 is 85.5 Å². The minimum Gasteiger partial charge on any atom is -0.491 e. The minimum atomic E-state index is -3.95. The van der Waals surface area contributed by atoms with E-state index in [1.165, 1.54) is 24.3 Å². The predicted molar refractivity (Wildman–Crippen MR) is 125 cm³/mol. The Bertz CT molecular complexity index is 990. The zero-order valence-electron chi connectivity index (χ0n) is 15.4. The molecule has 13 heteroatoms. The zero-order valence-corrected chi connectivity index (χ0v) is 22.6. The maximum Gasteiger partial charge on any atom is 0.306 e. The molecule has 0 aliphatic carbocycles. The minimum absolute atomic E-state index is 0.0322. The smallest absolute Gasteiger partial charge is 0.306 e. The molecule has 0 aliphatic heterocycles. The van der Waals surface area contributed by atoms with E-state index >= 15 is 0 Å². The zero-order chi connectivity index (χ0) is 23.3. The molecule has 2 rings (SSSR count). The van der Waals surface area contributed by atoms with Crippen molar-refractivity contribution in [2.24, 2.45) is 0 Å². The molecular weight excluding hydrogens is 696 g/mol. The van der Waals surface area contributed by atoms with Gasteiger partial charge in [0.25, 0.3) is 0 Å². The Labute approximate surface area is 211 Å². The molecule has 2 aromatic rings. The fraction of sp³-hybridized carbons (Fsp3) is 0.222. The van der Waals surface area contributed by atoms with Gasteiger partial charge in [0, 0.05) is 0 Å². The van der Waals surface area contributed by atoms with E-state index < -0.39 is 21.8 Å². The lowest BCUT2D eigenvalue weighted by Gasteiger charge is -2.14. The largest absolute Gasteiger partial charge is 0.491 e. The predicted octanol–water partition coefficient (Wildman–Crippen LogP) is 5.28. The molecular formula is C18H14Br4O8S. The third kappa shape index (κ3) is 6.91. The van der Waals surface area contributed by atoms with Gasteiger partial charge in [-0.1, -0.05) is 0 Å². The highest BCUT2D eigenvalue weighted by Crippen LogP contribution is 2.40. The average molecular weight is 710 g/mol. The Hall–Kier alpha value is -1.15. The van der Waals surface area contributed by atoms with Crippen LogP contribution in [0.3, 0.4) is 0 Å². The highest BCUT2D eigenvalue weighted by atomic mass is 79.9. The van der Waals surface area contributed by atoms with Crippen LogP contribution in [0.5, 0.6) is 11.5 Å². The molecule has 0 aromatic heterocycles. The van der Waals surface area contributed by atoms with Gasteiger partial charge in [0.2, 0.25) is 9.84 Å². The number of hydrogen-bond donors (Lipinski definition) is 2. The Kier molecular flexibility index (Phi) is 9.37. The number of rotatable bonds is 10. The van der Waals surface area contributed by atoms with Crippen molar-refractivity contribution in [3.05, 3.63) is 42.2 Å². The molecule has 168 valence electrons. The van der Waals surface area contributed by atoms with Crippen LogP contribution in [0.1, 0.15) is 12.8 Å². The number of carboxylic acids is 2. The monoisotopic (exact) mass is 706 g/mol. The molecule has 2 N–H and O–H groups in total. The number of hydrogen-bond acceptors (Lipinski definition) is 6. The summed E-state index contributed by atoms with van der Waals surface area (Å²) in [6, 6.07) is 5.43. The van der Waals surface area contributed by atoms with Crippen molar-refractivity contribution in [3.8, 4) is 11.5 Å². The summed E-state index contributed by atoms with van der Waals surface area (Å²) in [5.74, 6) is -1.47. The topological polar surface area (TPSA) is 127 Å². The van der Waals surface area contributed by atoms with Crippen LogP contribution in [0.2, 0.25) is 0 Å². The van der Waals surface area contributed by atoms with Crippen LogP contribution in [0.15, 0.2) is 51.9 Å². The molecule has 0 unspecified atom stereocenters. The van der Waals surface area contributed by atoms with E-state index in [0.29, 0.717) is 17.9 Å². The summed E-state index contributed by atoms with van der Waals surface area (Å²) in [6.07, 6.45) is -0.413. The Morgan fingerprint density at radius 1 is 0.710 bits per heavy atom. The highest BCUT2D eigenvalue weighted by molar-refractivity contribution is 9.11. The second-order valence-corrected chi connectivity index (χ2v) is 11.3. The summed E-state index contributed by atoms with van der Waals surface area (Å²) in [7, 11) is -3.95. The third-order valence-electron chi connectivity index (χ3n) is 3.69. The van der Waals surface area contributed by atoms with Crippen molar-refractivity contribution in [1.29, 1.82) is 0 Å². The van der Waals surface area contributed by atoms with Crippen molar-refractivity contribution < 1.29 is 37.7 Å². The van der Waals surface area contributed by atoms with Gasteiger partial charge in [-0.05, 0) is 88.0 Å². The van der Waals surface area contributed by atoms with Crippen LogP contribution >= 0.6 is 63.7 Å². The molecule has 0 heterocycles. The summed E-state index contributed by atoms with van der Waals surface area (Å²) >= 11 is 13.0. The van der Waals surface area contributed by atoms with E-state index in [4.69, 9.17) is 19.7 Å². The van der Waals surface area contributed by atoms with Gasteiger partial charge in [-0.25, -0.2) is 8.42 Å². The Morgan fingerprint density at radius 3 is 1.26 bits per heavy atom. The molecule has 0 spiro atoms. The van der Waals surface area contributed by atoms with Crippen LogP contribution in [0.25, 0.3) is 0 Å². The molecule has 0 saturated carbocycles. The maximum atomic E-state index is 13.2. The quantitative estimate of drug-likeness (QED) is 0.342. The number of carboxylic acid groups (broad SMARTS) is 2. The Balaban J connectivity index is 2.34. The van der Waals surface area contributed by atoms with Gasteiger partial charge in [-0.3, -0.25) is 9.59 Å². The summed E-state index contributed by atoms with van der Waals surface area (Å²) in [4.78, 5) is 21.2. The van der Waals surface area contributed by atoms with E-state index in [1.54, 1.807) is 0 Å². The standard InChI is InChI=1S/C18H14Br4O8S/c19-11-5-9(6-12(20)17(11)29-3-1-15(23)24)31(27,28)10-7-13(21)18(14(22)8-10)30-4-2-16(25)26/h5-8H,1-4H2,(H,23,24)(H,25,26). The van der Waals surface area contributed by atoms with Gasteiger partial charge in [-0.15, -0.1) is 0 Å². The Morgan fingerprint density at radius 2 is 1.00 bits per heavy atom. The molecule has 0 bridgehead atoms. The normalized spacial score (nSPS) is 11.2. The lowest BCUT2D eigenvalue weighted by atomic mass is 10.3. The van der Waals surface area contributed by atoms with Crippen LogP contribution in [-0.4, -0.2) is 43.8 Å². The van der Waals surface area contributed by atoms with E-state index in [-0.39, 0.29) is 47.3 Å². The van der Waals surface area contributed by atoms with Gasteiger partial charge in [-0.2, -0.15) is 0 Å². The van der Waals surface area contributed by atoms with Gasteiger partial charge < -0.3 is 19.7 Å². The first-order valence-corrected chi connectivity index (χ1v) is 13.0. The van der Waals surface area contributed by atoms with Crippen molar-refractivity contribution in [2.45, 2.75) is 22.6 Å². The van der Waals surface area contributed by atoms with Crippen LogP contribution in [0.4, 0.5) is 0 Å². The maximum absolute atomic E-state index is 13.2. The summed E-state index contributed by atoms with van der Waals surface area (Å²) in [6.45, 7) is -0.163. The number of aliphatic carboxylic acids is 2. The number of ether oxygens (including phenoxy) is 2. The number of carbonyl (C=O) groups is 2. The molecule has 31 heavy (non-hydrogen) atoms. The van der Waals surface area contributed by atoms with Crippen molar-refractivity contribution in [2.75, 3.05) is 13.2 Å². The number of halogens is 4. The van der Waals surface area contributed by atoms with Gasteiger partial charge in [0.1, 0.15) is 11.5 Å². The van der Waals surface area contributed by atoms with Crippen molar-refractivity contribution in [3.63, 3.8) is 0 Å². The number of benzene rings is 2. The van der Waals surface area contributed by atoms with E-state index in [2.05, 4.69) is 63.7 Å². The molecule has 0 radical (unpaired) electrons. The molecule has 0 atom stereocenters. The molecule has 0 amide bonds. The highest BCUT2D eigenvalue weighted by Gasteiger charge is 2.24. The second-order valence-electron chi connectivity index (χ2n) is 5.92. The first-order chi connectivity index (χ1) is 14.4. The van der Waals surface area contributed by atoms with Gasteiger partial charge in [0.05, 0.1) is 53.7 Å². The molecule has 2 aromatic carbocycles. The van der Waals surface area contributed by atoms with E-state index in [1.807, 2.05) is 0 Å². The fourth-order valence-electron chi connectivity index (χ4n) is 2.28. The number of sulfone groups is 1. The second kappa shape index (κ2) is 11.1. The molecule has 8 nitrogen and oxygen atoms in total. The van der Waals surface area contributed by atoms with Crippen LogP contribution < -0.4 is 9.47 Å². The molecule has 0 fully saturated rings. The van der Waals surface area contributed by atoms with Gasteiger partial charge in [0.15, 0.2) is 0 Å². The van der Waals surface area contributed by atoms with Gasteiger partial charge >= 0.3 is 11.9 Å². The third-order valence-corrected chi connectivity index (χ3v) is 7.76. The SMILES string of the molecule is O=C(O)CCOc1c(Br)cc(S(=O)(=O)c2cc(Br)c(OCCC(=O)O)c(Br)c2)cc1Br. The van der Waals surface area contributed by atoms with Crippen molar-refractivity contribution in [1.82, 2.24) is 0 Å². The molecule has 0 saturated heterocycles. The molecule has 0 aliphatic rings. The first kappa shape index (κ1) is 26.1. The first-order valence-electron chi connectivity index (χ1n) is 8.36. The summed E-state index contributed by atoms with van der Waals surface area (Å²) in [5.41, 5.74) is 0. The lowest BCUT2D eigenvalue weighted by Crippen LogP contribution is -2.08. The summed E-state index contributed by atoms with van der Waals surface area (Å²) in [5, 5.41) is 17.4. The van der Waals surface area contributed by atoms with E-state index in [0.717, 1.165) is 0 Å². The fourth-order valence-corrected chi connectivity index (χ4v) is 7.08. The average Bonchev–Trinajstić information content (AvgIpc) is 2.65. The summed E-state index contributed by atoms with van der Waals surface area (Å²) < 4.78 is 38.5.